The van der Waals surface area contributed by atoms with Crippen LogP contribution in [-0.4, -0.2) is 0 Å². The first-order chi connectivity index (χ1) is 29.3. The quantitative estimate of drug-likeness (QED) is 0.142. The fourth-order valence-corrected chi connectivity index (χ4v) is 9.36. The van der Waals surface area contributed by atoms with Gasteiger partial charge in [0.1, 0.15) is 0 Å². The van der Waals surface area contributed by atoms with Gasteiger partial charge < -0.3 is 4.90 Å². The van der Waals surface area contributed by atoms with E-state index in [1.54, 1.807) is 0 Å². The fraction of sp³-hybridized carbons (Fsp3) is 0.103. The first kappa shape index (κ1) is 36.4. The van der Waals surface area contributed by atoms with E-state index in [2.05, 4.69) is 223 Å². The molecule has 0 aliphatic heterocycles. The maximum absolute atomic E-state index is 2.45. The highest BCUT2D eigenvalue weighted by molar-refractivity contribution is 6.03. The molecule has 0 heterocycles. The molecular formula is C58H47N. The van der Waals surface area contributed by atoms with Gasteiger partial charge in [0.05, 0.1) is 5.69 Å². The van der Waals surface area contributed by atoms with Gasteiger partial charge in [-0.15, -0.1) is 0 Å². The molecule has 0 atom stereocenters. The van der Waals surface area contributed by atoms with Crippen LogP contribution in [0.3, 0.4) is 0 Å². The van der Waals surface area contributed by atoms with Gasteiger partial charge in [0.25, 0.3) is 0 Å². The third-order valence-electron chi connectivity index (χ3n) is 12.3. The van der Waals surface area contributed by atoms with Crippen LogP contribution in [0.1, 0.15) is 43.6 Å². The van der Waals surface area contributed by atoms with Crippen molar-refractivity contribution in [2.75, 3.05) is 4.90 Å². The Morgan fingerprint density at radius 1 is 0.322 bits per heavy atom. The highest BCUT2D eigenvalue weighted by Crippen LogP contribution is 2.46. The number of benzene rings is 9. The molecule has 1 heteroatoms. The molecule has 0 N–H and O–H groups in total. The SMILES string of the molecule is c1ccc(-c2ccc(N(c3ccc(-c4ccc(-c5ccccc5)c(-c5ccccc5)c4)cc3)c3ccccc3-c3cccc4cccc(C5CCCCC5)c34)cc2)cc1. The number of hydrogen-bond acceptors (Lipinski definition) is 1. The minimum atomic E-state index is 0.596. The molecule has 1 aliphatic rings. The molecule has 1 saturated carbocycles. The summed E-state index contributed by atoms with van der Waals surface area (Å²) in [5, 5.41) is 2.72. The lowest BCUT2D eigenvalue weighted by atomic mass is 9.80. The molecule has 1 fully saturated rings. The number of fused-ring (bicyclic) bond motifs is 1. The highest BCUT2D eigenvalue weighted by Gasteiger charge is 2.23. The van der Waals surface area contributed by atoms with E-state index in [1.807, 2.05) is 0 Å². The molecule has 0 amide bonds. The van der Waals surface area contributed by atoms with Crippen LogP contribution < -0.4 is 4.90 Å². The van der Waals surface area contributed by atoms with Crippen molar-refractivity contribution in [1.29, 1.82) is 0 Å². The van der Waals surface area contributed by atoms with Crippen LogP contribution in [0.15, 0.2) is 218 Å². The average Bonchev–Trinajstić information content (AvgIpc) is 3.33. The van der Waals surface area contributed by atoms with Crippen LogP contribution in [0.5, 0.6) is 0 Å². The lowest BCUT2D eigenvalue weighted by Crippen LogP contribution is -2.11. The largest absolute Gasteiger partial charge is 0.310 e. The normalized spacial score (nSPS) is 13.0. The molecule has 10 rings (SSSR count). The average molecular weight is 758 g/mol. The molecular weight excluding hydrogens is 711 g/mol. The molecule has 0 radical (unpaired) electrons. The van der Waals surface area contributed by atoms with E-state index < -0.39 is 0 Å². The molecule has 0 saturated heterocycles. The summed E-state index contributed by atoms with van der Waals surface area (Å²) >= 11 is 0. The Hall–Kier alpha value is -6.96. The smallest absolute Gasteiger partial charge is 0.0540 e. The van der Waals surface area contributed by atoms with E-state index in [4.69, 9.17) is 0 Å². The Kier molecular flexibility index (Phi) is 10.2. The zero-order valence-corrected chi connectivity index (χ0v) is 33.3. The van der Waals surface area contributed by atoms with Gasteiger partial charge in [0, 0.05) is 16.9 Å². The first-order valence-electron chi connectivity index (χ1n) is 21.2. The molecule has 9 aromatic carbocycles. The van der Waals surface area contributed by atoms with Crippen molar-refractivity contribution in [3.63, 3.8) is 0 Å². The number of para-hydroxylation sites is 1. The summed E-state index contributed by atoms with van der Waals surface area (Å²) in [4.78, 5) is 2.45. The maximum atomic E-state index is 2.45. The lowest BCUT2D eigenvalue weighted by Gasteiger charge is -2.29. The van der Waals surface area contributed by atoms with E-state index in [9.17, 15) is 0 Å². The van der Waals surface area contributed by atoms with Crippen LogP contribution in [0.2, 0.25) is 0 Å². The van der Waals surface area contributed by atoms with Crippen LogP contribution in [0, 0.1) is 0 Å². The summed E-state index contributed by atoms with van der Waals surface area (Å²) in [6, 6.07) is 80.1. The van der Waals surface area contributed by atoms with Crippen molar-refractivity contribution in [2.24, 2.45) is 0 Å². The van der Waals surface area contributed by atoms with Gasteiger partial charge in [0.15, 0.2) is 0 Å². The first-order valence-corrected chi connectivity index (χ1v) is 21.2. The Labute approximate surface area is 348 Å². The summed E-state index contributed by atoms with van der Waals surface area (Å²) in [7, 11) is 0. The lowest BCUT2D eigenvalue weighted by molar-refractivity contribution is 0.445. The molecule has 59 heavy (non-hydrogen) atoms. The fourth-order valence-electron chi connectivity index (χ4n) is 9.36. The minimum Gasteiger partial charge on any atom is -0.310 e. The third-order valence-corrected chi connectivity index (χ3v) is 12.3. The van der Waals surface area contributed by atoms with Crippen LogP contribution in [-0.2, 0) is 0 Å². The van der Waals surface area contributed by atoms with Gasteiger partial charge >= 0.3 is 0 Å². The standard InChI is InChI=1S/C58H47N/c1-5-17-42(18-6-1)43-31-36-50(37-32-43)59(57-30-14-13-27-54(57)55-29-16-26-48-25-15-28-53(58(48)55)46-21-9-3-10-22-46)51-38-33-44(34-39-51)49-35-40-52(45-19-7-2-8-20-45)56(41-49)47-23-11-4-12-24-47/h1-2,4-8,11-20,23-41,46H,3,9-10,21-22H2. The Balaban J connectivity index is 1.10. The zero-order chi connectivity index (χ0) is 39.4. The topological polar surface area (TPSA) is 3.24 Å². The van der Waals surface area contributed by atoms with Gasteiger partial charge in [-0.2, -0.15) is 0 Å². The number of hydrogen-bond donors (Lipinski definition) is 0. The van der Waals surface area contributed by atoms with Crippen molar-refractivity contribution in [2.45, 2.75) is 38.0 Å². The Bertz CT molecular complexity index is 2810. The molecule has 1 nitrogen and oxygen atoms in total. The van der Waals surface area contributed by atoms with Gasteiger partial charge in [-0.25, -0.2) is 0 Å². The predicted molar refractivity (Wildman–Crippen MR) is 252 cm³/mol. The van der Waals surface area contributed by atoms with Gasteiger partial charge in [0.2, 0.25) is 0 Å². The maximum Gasteiger partial charge on any atom is 0.0540 e. The third kappa shape index (κ3) is 7.37. The molecule has 0 aromatic heterocycles. The summed E-state index contributed by atoms with van der Waals surface area (Å²) < 4.78 is 0. The van der Waals surface area contributed by atoms with E-state index in [0.717, 1.165) is 17.1 Å². The van der Waals surface area contributed by atoms with E-state index in [0.29, 0.717) is 5.92 Å². The van der Waals surface area contributed by atoms with Crippen molar-refractivity contribution in [1.82, 2.24) is 0 Å². The predicted octanol–water partition coefficient (Wildman–Crippen LogP) is 16.7. The molecule has 9 aromatic rings. The van der Waals surface area contributed by atoms with E-state index in [1.165, 1.54) is 104 Å². The van der Waals surface area contributed by atoms with Crippen molar-refractivity contribution in [3.05, 3.63) is 224 Å². The zero-order valence-electron chi connectivity index (χ0n) is 33.3. The van der Waals surface area contributed by atoms with Crippen molar-refractivity contribution in [3.8, 4) is 55.6 Å². The van der Waals surface area contributed by atoms with Crippen molar-refractivity contribution >= 4 is 27.8 Å². The van der Waals surface area contributed by atoms with Crippen LogP contribution in [0.25, 0.3) is 66.4 Å². The van der Waals surface area contributed by atoms with Gasteiger partial charge in [-0.3, -0.25) is 0 Å². The van der Waals surface area contributed by atoms with Gasteiger partial charge in [-0.05, 0) is 122 Å². The second-order valence-corrected chi connectivity index (χ2v) is 15.9. The molecule has 0 bridgehead atoms. The van der Waals surface area contributed by atoms with E-state index >= 15 is 0 Å². The summed E-state index contributed by atoms with van der Waals surface area (Å²) in [6.45, 7) is 0. The van der Waals surface area contributed by atoms with Crippen LogP contribution in [0.4, 0.5) is 17.1 Å². The molecule has 1 aliphatic carbocycles. The Morgan fingerprint density at radius 3 is 1.46 bits per heavy atom. The second kappa shape index (κ2) is 16.5. The van der Waals surface area contributed by atoms with Gasteiger partial charge in [-0.1, -0.05) is 201 Å². The number of nitrogens with zero attached hydrogens (tertiary/aromatic N) is 1. The van der Waals surface area contributed by atoms with E-state index in [-0.39, 0.29) is 0 Å². The highest BCUT2D eigenvalue weighted by atomic mass is 15.1. The molecule has 0 unspecified atom stereocenters. The number of rotatable bonds is 9. The summed E-state index contributed by atoms with van der Waals surface area (Å²) in [5.41, 5.74) is 17.1. The number of anilines is 3. The summed E-state index contributed by atoms with van der Waals surface area (Å²) in [5.74, 6) is 0.596. The molecule has 284 valence electrons. The molecule has 0 spiro atoms. The monoisotopic (exact) mass is 757 g/mol. The summed E-state index contributed by atoms with van der Waals surface area (Å²) in [6.07, 6.45) is 6.51. The second-order valence-electron chi connectivity index (χ2n) is 15.9. The van der Waals surface area contributed by atoms with Crippen molar-refractivity contribution < 1.29 is 0 Å². The Morgan fingerprint density at radius 2 is 0.814 bits per heavy atom. The van der Waals surface area contributed by atoms with Crippen LogP contribution >= 0.6 is 0 Å². The minimum absolute atomic E-state index is 0.596.